The van der Waals surface area contributed by atoms with Gasteiger partial charge in [-0.15, -0.1) is 0 Å². The van der Waals surface area contributed by atoms with Crippen LogP contribution in [0.5, 0.6) is 5.75 Å². The van der Waals surface area contributed by atoms with Crippen LogP contribution in [-0.2, 0) is 16.0 Å². The smallest absolute Gasteiger partial charge is 0.326 e. The van der Waals surface area contributed by atoms with Crippen LogP contribution in [0.25, 0.3) is 0 Å². The molecule has 0 aromatic heterocycles. The molecule has 1 aromatic rings. The first kappa shape index (κ1) is 14.7. The van der Waals surface area contributed by atoms with Crippen molar-refractivity contribution in [1.29, 1.82) is 0 Å². The molecular weight excluding hydrogens is 282 g/mol. The van der Waals surface area contributed by atoms with E-state index in [0.717, 1.165) is 5.56 Å². The zero-order valence-corrected chi connectivity index (χ0v) is 12.0. The van der Waals surface area contributed by atoms with Crippen LogP contribution in [0.3, 0.4) is 0 Å². The molecule has 0 spiro atoms. The number of halogens is 1. The van der Waals surface area contributed by atoms with Crippen molar-refractivity contribution in [1.82, 2.24) is 5.32 Å². The number of ether oxygens (including phenoxy) is 1. The number of amides is 1. The Balaban J connectivity index is 2.04. The Bertz CT molecular complexity index is 544. The number of carboxylic acids is 1. The Labute approximate surface area is 121 Å². The number of fused-ring (bicyclic) bond motifs is 1. The van der Waals surface area contributed by atoms with Gasteiger partial charge >= 0.3 is 5.97 Å². The number of carboxylic acid groups (broad SMARTS) is 1. The fraction of sp³-hybridized carbons (Fsp3) is 0.429. The van der Waals surface area contributed by atoms with Gasteiger partial charge in [-0.1, -0.05) is 25.4 Å². The number of rotatable bonds is 4. The highest BCUT2D eigenvalue weighted by Crippen LogP contribution is 2.31. The minimum Gasteiger partial charge on any atom is -0.480 e. The topological polar surface area (TPSA) is 75.6 Å². The lowest BCUT2D eigenvalue weighted by Crippen LogP contribution is -2.49. The maximum absolute atomic E-state index is 12.1. The summed E-state index contributed by atoms with van der Waals surface area (Å²) in [6.45, 7) is 3.48. The first-order valence-corrected chi connectivity index (χ1v) is 6.74. The van der Waals surface area contributed by atoms with Gasteiger partial charge < -0.3 is 15.2 Å². The lowest BCUT2D eigenvalue weighted by molar-refractivity contribution is -0.144. The van der Waals surface area contributed by atoms with Crippen LogP contribution in [0.1, 0.15) is 19.4 Å². The molecule has 5 nitrogen and oxygen atoms in total. The number of benzene rings is 1. The van der Waals surface area contributed by atoms with Gasteiger partial charge in [0, 0.05) is 11.4 Å². The monoisotopic (exact) mass is 297 g/mol. The van der Waals surface area contributed by atoms with Crippen molar-refractivity contribution in [3.8, 4) is 5.75 Å². The Morgan fingerprint density at radius 2 is 2.15 bits per heavy atom. The normalized spacial score (nSPS) is 18.3. The average Bonchev–Trinajstić information content (AvgIpc) is 2.77. The zero-order chi connectivity index (χ0) is 14.9. The van der Waals surface area contributed by atoms with Crippen LogP contribution in [0.2, 0.25) is 5.02 Å². The second-order valence-corrected chi connectivity index (χ2v) is 5.57. The minimum atomic E-state index is -1.05. The predicted octanol–water partition coefficient (Wildman–Crippen LogP) is 1.87. The third kappa shape index (κ3) is 3.04. The highest BCUT2D eigenvalue weighted by molar-refractivity contribution is 6.30. The number of hydrogen-bond acceptors (Lipinski definition) is 3. The van der Waals surface area contributed by atoms with Gasteiger partial charge in [0.25, 0.3) is 5.91 Å². The lowest BCUT2D eigenvalue weighted by Gasteiger charge is -2.20. The van der Waals surface area contributed by atoms with E-state index in [4.69, 9.17) is 21.4 Å². The molecule has 0 bridgehead atoms. The molecule has 2 N–H and O–H groups in total. The van der Waals surface area contributed by atoms with Gasteiger partial charge in [0.1, 0.15) is 11.8 Å². The molecule has 1 amide bonds. The van der Waals surface area contributed by atoms with Crippen molar-refractivity contribution < 1.29 is 19.4 Å². The van der Waals surface area contributed by atoms with Gasteiger partial charge in [0.2, 0.25) is 0 Å². The first-order chi connectivity index (χ1) is 9.38. The van der Waals surface area contributed by atoms with E-state index in [0.29, 0.717) is 17.2 Å². The van der Waals surface area contributed by atoms with Crippen molar-refractivity contribution in [2.24, 2.45) is 5.92 Å². The third-order valence-electron chi connectivity index (χ3n) is 3.22. The molecule has 0 radical (unpaired) electrons. The van der Waals surface area contributed by atoms with Crippen LogP contribution in [-0.4, -0.2) is 29.1 Å². The molecule has 108 valence electrons. The van der Waals surface area contributed by atoms with Gasteiger partial charge in [0.05, 0.1) is 0 Å². The zero-order valence-electron chi connectivity index (χ0n) is 11.2. The van der Waals surface area contributed by atoms with E-state index >= 15 is 0 Å². The van der Waals surface area contributed by atoms with Gasteiger partial charge in [-0.3, -0.25) is 4.79 Å². The van der Waals surface area contributed by atoms with Crippen LogP contribution in [0, 0.1) is 5.92 Å². The SMILES string of the molecule is CC(C)[C@@H](NC(=O)C1Cc2cc(Cl)ccc2O1)C(=O)O. The Kier molecular flexibility index (Phi) is 4.18. The van der Waals surface area contributed by atoms with E-state index in [1.165, 1.54) is 0 Å². The highest BCUT2D eigenvalue weighted by atomic mass is 35.5. The fourth-order valence-corrected chi connectivity index (χ4v) is 2.32. The van der Waals surface area contributed by atoms with E-state index < -0.39 is 24.0 Å². The molecule has 1 aliphatic heterocycles. The predicted molar refractivity (Wildman–Crippen MR) is 74.0 cm³/mol. The second-order valence-electron chi connectivity index (χ2n) is 5.13. The minimum absolute atomic E-state index is 0.199. The first-order valence-electron chi connectivity index (χ1n) is 6.36. The van der Waals surface area contributed by atoms with Crippen LogP contribution >= 0.6 is 11.6 Å². The van der Waals surface area contributed by atoms with Crippen molar-refractivity contribution in [3.05, 3.63) is 28.8 Å². The number of carbonyl (C=O) groups excluding carboxylic acids is 1. The maximum atomic E-state index is 12.1. The van der Waals surface area contributed by atoms with Crippen LogP contribution < -0.4 is 10.1 Å². The molecule has 20 heavy (non-hydrogen) atoms. The van der Waals surface area contributed by atoms with Gasteiger partial charge in [0.15, 0.2) is 6.10 Å². The van der Waals surface area contributed by atoms with Gasteiger partial charge in [-0.2, -0.15) is 0 Å². The van der Waals surface area contributed by atoms with Crippen molar-refractivity contribution in [2.75, 3.05) is 0 Å². The van der Waals surface area contributed by atoms with Crippen LogP contribution in [0.4, 0.5) is 0 Å². The van der Waals surface area contributed by atoms with Crippen molar-refractivity contribution in [2.45, 2.75) is 32.4 Å². The number of aliphatic carboxylic acids is 1. The summed E-state index contributed by atoms with van der Waals surface area (Å²) in [7, 11) is 0. The number of nitrogens with one attached hydrogen (secondary N) is 1. The summed E-state index contributed by atoms with van der Waals surface area (Å²) in [5.74, 6) is -1.05. The van der Waals surface area contributed by atoms with Gasteiger partial charge in [-0.25, -0.2) is 4.79 Å². The van der Waals surface area contributed by atoms with E-state index in [1.807, 2.05) is 0 Å². The van der Waals surface area contributed by atoms with Crippen molar-refractivity contribution in [3.63, 3.8) is 0 Å². The molecule has 2 rings (SSSR count). The second kappa shape index (κ2) is 5.71. The number of carbonyl (C=O) groups is 2. The third-order valence-corrected chi connectivity index (χ3v) is 3.46. The average molecular weight is 298 g/mol. The summed E-state index contributed by atoms with van der Waals surface area (Å²) in [6, 6.07) is 4.23. The molecule has 1 aliphatic rings. The van der Waals surface area contributed by atoms with Crippen molar-refractivity contribution >= 4 is 23.5 Å². The molecule has 2 atom stereocenters. The molecule has 1 unspecified atom stereocenters. The van der Waals surface area contributed by atoms with E-state index in [-0.39, 0.29) is 5.92 Å². The van der Waals surface area contributed by atoms with E-state index in [1.54, 1.807) is 32.0 Å². The summed E-state index contributed by atoms with van der Waals surface area (Å²) in [6.07, 6.45) is -0.310. The van der Waals surface area contributed by atoms with E-state index in [2.05, 4.69) is 5.32 Å². The summed E-state index contributed by atoms with van der Waals surface area (Å²) < 4.78 is 5.52. The molecule has 6 heteroatoms. The summed E-state index contributed by atoms with van der Waals surface area (Å²) in [5.41, 5.74) is 0.856. The summed E-state index contributed by atoms with van der Waals surface area (Å²) >= 11 is 5.88. The fourth-order valence-electron chi connectivity index (χ4n) is 2.12. The Morgan fingerprint density at radius 3 is 2.75 bits per heavy atom. The molecular formula is C14H16ClNO4. The maximum Gasteiger partial charge on any atom is 0.326 e. The molecule has 1 heterocycles. The molecule has 0 aliphatic carbocycles. The molecule has 0 fully saturated rings. The molecule has 0 saturated heterocycles. The molecule has 1 aromatic carbocycles. The Morgan fingerprint density at radius 1 is 1.45 bits per heavy atom. The largest absolute Gasteiger partial charge is 0.480 e. The lowest BCUT2D eigenvalue weighted by atomic mass is 10.0. The highest BCUT2D eigenvalue weighted by Gasteiger charge is 2.32. The standard InChI is InChI=1S/C14H16ClNO4/c1-7(2)12(14(18)19)16-13(17)11-6-8-5-9(15)3-4-10(8)20-11/h3-5,7,11-12H,6H2,1-2H3,(H,16,17)(H,18,19)/t11?,12-/m1/s1. The van der Waals surface area contributed by atoms with E-state index in [9.17, 15) is 9.59 Å². The summed E-state index contributed by atoms with van der Waals surface area (Å²) in [4.78, 5) is 23.2. The molecule has 0 saturated carbocycles. The quantitative estimate of drug-likeness (QED) is 0.889. The number of hydrogen-bond donors (Lipinski definition) is 2. The van der Waals surface area contributed by atoms with Gasteiger partial charge in [-0.05, 0) is 29.7 Å². The summed E-state index contributed by atoms with van der Waals surface area (Å²) in [5, 5.41) is 12.2. The Hall–Kier alpha value is -1.75. The van der Waals surface area contributed by atoms with Crippen LogP contribution in [0.15, 0.2) is 18.2 Å².